The van der Waals surface area contributed by atoms with Crippen molar-refractivity contribution >= 4 is 23.5 Å². The van der Waals surface area contributed by atoms with Crippen LogP contribution in [0.5, 0.6) is 6.01 Å². The Kier molecular flexibility index (Phi) is 2.78. The van der Waals surface area contributed by atoms with Gasteiger partial charge in [0, 0.05) is 13.1 Å². The average molecular weight is 245 g/mol. The Morgan fingerprint density at radius 2 is 2.19 bits per heavy atom. The Morgan fingerprint density at radius 1 is 1.50 bits per heavy atom. The highest BCUT2D eigenvalue weighted by atomic mass is 35.5. The molecular formula is C8H9ClN4O3. The predicted octanol–water partition coefficient (Wildman–Crippen LogP) is 0.0544. The number of rotatable bonds is 3. The van der Waals surface area contributed by atoms with Gasteiger partial charge in [-0.1, -0.05) is 0 Å². The number of carbonyl (C=O) groups is 1. The quantitative estimate of drug-likeness (QED) is 0.804. The Labute approximate surface area is 96.0 Å². The lowest BCUT2D eigenvalue weighted by Gasteiger charge is -2.36. The highest BCUT2D eigenvalue weighted by Gasteiger charge is 2.34. The van der Waals surface area contributed by atoms with E-state index in [-0.39, 0.29) is 17.2 Å². The molecule has 1 aromatic heterocycles. The first-order chi connectivity index (χ1) is 7.60. The van der Waals surface area contributed by atoms with E-state index in [4.69, 9.17) is 21.4 Å². The summed E-state index contributed by atoms with van der Waals surface area (Å²) < 4.78 is 4.84. The maximum Gasteiger partial charge on any atom is 0.322 e. The lowest BCUT2D eigenvalue weighted by atomic mass is 10.0. The third kappa shape index (κ3) is 1.99. The van der Waals surface area contributed by atoms with Crippen molar-refractivity contribution in [3.05, 3.63) is 5.28 Å². The van der Waals surface area contributed by atoms with Gasteiger partial charge in [0.25, 0.3) is 0 Å². The Bertz CT molecular complexity index is 422. The van der Waals surface area contributed by atoms with Crippen molar-refractivity contribution in [1.82, 2.24) is 15.0 Å². The van der Waals surface area contributed by atoms with Crippen molar-refractivity contribution in [1.29, 1.82) is 0 Å². The summed E-state index contributed by atoms with van der Waals surface area (Å²) in [5.41, 5.74) is 0. The van der Waals surface area contributed by atoms with Gasteiger partial charge in [0.2, 0.25) is 11.2 Å². The molecule has 0 bridgehead atoms. The molecule has 1 aliphatic rings. The number of carboxylic acid groups (broad SMARTS) is 1. The number of aliphatic carboxylic acids is 1. The number of hydrogen-bond acceptors (Lipinski definition) is 6. The highest BCUT2D eigenvalue weighted by Crippen LogP contribution is 2.23. The Balaban J connectivity index is 2.11. The number of carboxylic acids is 1. The number of ether oxygens (including phenoxy) is 1. The minimum atomic E-state index is -0.816. The van der Waals surface area contributed by atoms with E-state index >= 15 is 0 Å². The van der Waals surface area contributed by atoms with Crippen LogP contribution in [0.2, 0.25) is 5.28 Å². The summed E-state index contributed by atoms with van der Waals surface area (Å²) in [6.07, 6.45) is 0. The molecule has 0 radical (unpaired) electrons. The second-order valence-electron chi connectivity index (χ2n) is 3.33. The van der Waals surface area contributed by atoms with Crippen LogP contribution in [-0.2, 0) is 4.79 Å². The summed E-state index contributed by atoms with van der Waals surface area (Å²) in [6, 6.07) is 0.119. The number of hydrogen-bond donors (Lipinski definition) is 1. The van der Waals surface area contributed by atoms with E-state index in [1.165, 1.54) is 7.11 Å². The van der Waals surface area contributed by atoms with Crippen LogP contribution in [0.25, 0.3) is 0 Å². The first kappa shape index (κ1) is 10.9. The minimum Gasteiger partial charge on any atom is -0.481 e. The first-order valence-electron chi connectivity index (χ1n) is 4.53. The molecule has 1 fully saturated rings. The zero-order chi connectivity index (χ0) is 11.7. The molecule has 0 aliphatic carbocycles. The molecule has 2 heterocycles. The standard InChI is InChI=1S/C8H9ClN4O3/c1-16-8-11-6(9)10-7(12-8)13-2-4(3-13)5(14)15/h4H,2-3H2,1H3,(H,14,15). The van der Waals surface area contributed by atoms with Gasteiger partial charge in [0.05, 0.1) is 13.0 Å². The van der Waals surface area contributed by atoms with E-state index in [1.54, 1.807) is 4.90 Å². The van der Waals surface area contributed by atoms with E-state index in [1.807, 2.05) is 0 Å². The highest BCUT2D eigenvalue weighted by molar-refractivity contribution is 6.28. The second kappa shape index (κ2) is 4.09. The number of nitrogens with zero attached hydrogens (tertiary/aromatic N) is 4. The third-order valence-electron chi connectivity index (χ3n) is 2.27. The molecule has 2 rings (SSSR count). The fraction of sp³-hybridized carbons (Fsp3) is 0.500. The number of anilines is 1. The molecule has 0 atom stereocenters. The van der Waals surface area contributed by atoms with E-state index in [0.717, 1.165) is 0 Å². The normalized spacial score (nSPS) is 15.8. The van der Waals surface area contributed by atoms with Crippen molar-refractivity contribution in [3.63, 3.8) is 0 Å². The molecule has 0 unspecified atom stereocenters. The Morgan fingerprint density at radius 3 is 2.75 bits per heavy atom. The summed E-state index contributed by atoms with van der Waals surface area (Å²) >= 11 is 5.67. The zero-order valence-corrected chi connectivity index (χ0v) is 9.18. The van der Waals surface area contributed by atoms with Crippen molar-refractivity contribution in [2.24, 2.45) is 5.92 Å². The monoisotopic (exact) mass is 244 g/mol. The van der Waals surface area contributed by atoms with Gasteiger partial charge in [-0.25, -0.2) is 0 Å². The molecule has 0 aromatic carbocycles. The zero-order valence-electron chi connectivity index (χ0n) is 8.42. The largest absolute Gasteiger partial charge is 0.481 e. The van der Waals surface area contributed by atoms with Crippen molar-refractivity contribution < 1.29 is 14.6 Å². The fourth-order valence-electron chi connectivity index (χ4n) is 1.35. The van der Waals surface area contributed by atoms with Crippen LogP contribution in [0.1, 0.15) is 0 Å². The second-order valence-corrected chi connectivity index (χ2v) is 3.67. The summed E-state index contributed by atoms with van der Waals surface area (Å²) in [4.78, 5) is 23.9. The van der Waals surface area contributed by atoms with E-state index in [0.29, 0.717) is 19.0 Å². The number of aromatic nitrogens is 3. The van der Waals surface area contributed by atoms with Crippen molar-refractivity contribution in [3.8, 4) is 6.01 Å². The van der Waals surface area contributed by atoms with E-state index < -0.39 is 5.97 Å². The SMILES string of the molecule is COc1nc(Cl)nc(N2CC(C(=O)O)C2)n1. The van der Waals surface area contributed by atoms with Crippen LogP contribution < -0.4 is 9.64 Å². The third-order valence-corrected chi connectivity index (χ3v) is 2.44. The first-order valence-corrected chi connectivity index (χ1v) is 4.91. The van der Waals surface area contributed by atoms with Crippen LogP contribution in [0.3, 0.4) is 0 Å². The molecule has 1 N–H and O–H groups in total. The van der Waals surface area contributed by atoms with Gasteiger partial charge >= 0.3 is 12.0 Å². The molecule has 86 valence electrons. The van der Waals surface area contributed by atoms with Gasteiger partial charge in [0.15, 0.2) is 0 Å². The van der Waals surface area contributed by atoms with Crippen LogP contribution >= 0.6 is 11.6 Å². The molecule has 0 saturated carbocycles. The molecule has 16 heavy (non-hydrogen) atoms. The summed E-state index contributed by atoms with van der Waals surface area (Å²) in [5.74, 6) is -0.848. The van der Waals surface area contributed by atoms with Gasteiger partial charge in [-0.2, -0.15) is 15.0 Å². The molecule has 0 amide bonds. The predicted molar refractivity (Wildman–Crippen MR) is 54.7 cm³/mol. The lowest BCUT2D eigenvalue weighted by molar-refractivity contribution is -0.142. The topological polar surface area (TPSA) is 88.4 Å². The minimum absolute atomic E-state index is 0.0284. The van der Waals surface area contributed by atoms with Crippen molar-refractivity contribution in [2.45, 2.75) is 0 Å². The maximum atomic E-state index is 10.6. The van der Waals surface area contributed by atoms with E-state index in [9.17, 15) is 4.79 Å². The van der Waals surface area contributed by atoms with Crippen LogP contribution in [0, 0.1) is 5.92 Å². The molecule has 7 nitrogen and oxygen atoms in total. The van der Waals surface area contributed by atoms with Crippen LogP contribution in [0.4, 0.5) is 5.95 Å². The van der Waals surface area contributed by atoms with Crippen LogP contribution in [-0.4, -0.2) is 46.2 Å². The number of methoxy groups -OCH3 is 1. The average Bonchev–Trinajstić information content (AvgIpc) is 2.13. The molecule has 0 spiro atoms. The molecular weight excluding hydrogens is 236 g/mol. The summed E-state index contributed by atoms with van der Waals surface area (Å²) in [6.45, 7) is 0.748. The molecule has 1 aromatic rings. The smallest absolute Gasteiger partial charge is 0.322 e. The molecule has 1 aliphatic heterocycles. The summed E-state index contributed by atoms with van der Waals surface area (Å²) in [5, 5.41) is 8.75. The van der Waals surface area contributed by atoms with Crippen molar-refractivity contribution in [2.75, 3.05) is 25.1 Å². The molecule has 8 heteroatoms. The fourth-order valence-corrected chi connectivity index (χ4v) is 1.50. The summed E-state index contributed by atoms with van der Waals surface area (Å²) in [7, 11) is 1.42. The van der Waals surface area contributed by atoms with Gasteiger partial charge in [0.1, 0.15) is 0 Å². The number of halogens is 1. The van der Waals surface area contributed by atoms with Gasteiger partial charge in [-0.15, -0.1) is 0 Å². The van der Waals surface area contributed by atoms with E-state index in [2.05, 4.69) is 15.0 Å². The van der Waals surface area contributed by atoms with Gasteiger partial charge in [-0.3, -0.25) is 4.79 Å². The maximum absolute atomic E-state index is 10.6. The van der Waals surface area contributed by atoms with Gasteiger partial charge in [-0.05, 0) is 11.6 Å². The molecule has 1 saturated heterocycles. The van der Waals surface area contributed by atoms with Gasteiger partial charge < -0.3 is 14.7 Å². The Hall–Kier alpha value is -1.63. The lowest BCUT2D eigenvalue weighted by Crippen LogP contribution is -2.51. The van der Waals surface area contributed by atoms with Crippen LogP contribution in [0.15, 0.2) is 0 Å².